The zero-order valence-electron chi connectivity index (χ0n) is 16.9. The van der Waals surface area contributed by atoms with E-state index in [1.165, 1.54) is 7.11 Å². The molecule has 0 spiro atoms. The molecular formula is C23H21ClN4O3. The van der Waals surface area contributed by atoms with Gasteiger partial charge in [0.15, 0.2) is 0 Å². The molecule has 0 radical (unpaired) electrons. The summed E-state index contributed by atoms with van der Waals surface area (Å²) < 4.78 is 15.1. The first kappa shape index (κ1) is 20.6. The number of ether oxygens (including phenoxy) is 2. The number of rotatable bonds is 8. The van der Waals surface area contributed by atoms with Crippen molar-refractivity contribution in [2.75, 3.05) is 19.0 Å². The summed E-state index contributed by atoms with van der Waals surface area (Å²) in [6.07, 6.45) is 9.05. The van der Waals surface area contributed by atoms with E-state index in [-0.39, 0.29) is 5.91 Å². The number of carbonyl (C=O) groups excluding carboxylic acids is 1. The van der Waals surface area contributed by atoms with Crippen molar-refractivity contribution in [3.8, 4) is 17.2 Å². The fourth-order valence-corrected chi connectivity index (χ4v) is 3.41. The largest absolute Gasteiger partial charge is 0.496 e. The Morgan fingerprint density at radius 1 is 1.10 bits per heavy atom. The van der Waals surface area contributed by atoms with Crippen molar-refractivity contribution < 1.29 is 14.3 Å². The van der Waals surface area contributed by atoms with Crippen LogP contribution in [0.1, 0.15) is 10.4 Å². The molecule has 4 rings (SSSR count). The third kappa shape index (κ3) is 4.73. The number of hydrogen-bond acceptors (Lipinski definition) is 4. The quantitative estimate of drug-likeness (QED) is 0.436. The molecule has 1 amide bonds. The number of halogens is 1. The highest BCUT2D eigenvalue weighted by Gasteiger charge is 2.18. The Bertz CT molecular complexity index is 1160. The van der Waals surface area contributed by atoms with Gasteiger partial charge in [-0.05, 0) is 30.3 Å². The minimum absolute atomic E-state index is 0.330. The Kier molecular flexibility index (Phi) is 6.24. The van der Waals surface area contributed by atoms with Crippen molar-refractivity contribution in [3.05, 3.63) is 90.2 Å². The lowest BCUT2D eigenvalue weighted by molar-refractivity contribution is 0.102. The van der Waals surface area contributed by atoms with Gasteiger partial charge in [0.05, 0.1) is 41.9 Å². The maximum absolute atomic E-state index is 13.0. The number of benzene rings is 2. The lowest BCUT2D eigenvalue weighted by atomic mass is 10.1. The van der Waals surface area contributed by atoms with E-state index >= 15 is 0 Å². The summed E-state index contributed by atoms with van der Waals surface area (Å²) in [5, 5.41) is 3.34. The molecule has 0 bridgehead atoms. The normalized spacial score (nSPS) is 10.6. The van der Waals surface area contributed by atoms with Crippen molar-refractivity contribution in [2.24, 2.45) is 0 Å². The van der Waals surface area contributed by atoms with Crippen LogP contribution in [0.2, 0.25) is 5.02 Å². The number of methoxy groups -OCH3 is 1. The SMILES string of the molecule is COc1cc(-n2cccc2)c(Cl)cc1C(=O)Nc1ccccc1OCCn1ccnc1. The summed E-state index contributed by atoms with van der Waals surface area (Å²) in [5.41, 5.74) is 1.62. The molecule has 1 N–H and O–H groups in total. The molecule has 31 heavy (non-hydrogen) atoms. The van der Waals surface area contributed by atoms with E-state index < -0.39 is 0 Å². The molecule has 4 aromatic rings. The highest BCUT2D eigenvalue weighted by Crippen LogP contribution is 2.31. The van der Waals surface area contributed by atoms with Crippen LogP contribution in [0.25, 0.3) is 5.69 Å². The van der Waals surface area contributed by atoms with Crippen molar-refractivity contribution in [3.63, 3.8) is 0 Å². The fraction of sp³-hybridized carbons (Fsp3) is 0.130. The molecule has 0 aliphatic rings. The van der Waals surface area contributed by atoms with E-state index in [0.717, 1.165) is 5.69 Å². The average molecular weight is 437 g/mol. The van der Waals surface area contributed by atoms with Gasteiger partial charge in [0.1, 0.15) is 18.1 Å². The summed E-state index contributed by atoms with van der Waals surface area (Å²) in [4.78, 5) is 17.0. The van der Waals surface area contributed by atoms with E-state index in [1.54, 1.807) is 30.7 Å². The molecule has 0 unspecified atom stereocenters. The Hall–Kier alpha value is -3.71. The molecule has 0 saturated heterocycles. The van der Waals surface area contributed by atoms with Crippen molar-refractivity contribution in [1.29, 1.82) is 0 Å². The maximum atomic E-state index is 13.0. The standard InChI is InChI=1S/C23H21ClN4O3/c1-30-22-15-20(28-9-4-5-10-28)18(24)14-17(22)23(29)26-19-6-2-3-7-21(19)31-13-12-27-11-8-25-16-27/h2-11,14-16H,12-13H2,1H3,(H,26,29). The van der Waals surface area contributed by atoms with Gasteiger partial charge in [0, 0.05) is 30.9 Å². The van der Waals surface area contributed by atoms with Gasteiger partial charge in [0.2, 0.25) is 0 Å². The van der Waals surface area contributed by atoms with Crippen LogP contribution in [0.15, 0.2) is 79.6 Å². The smallest absolute Gasteiger partial charge is 0.259 e. The summed E-state index contributed by atoms with van der Waals surface area (Å²) in [7, 11) is 1.52. The predicted molar refractivity (Wildman–Crippen MR) is 119 cm³/mol. The topological polar surface area (TPSA) is 70.3 Å². The molecule has 7 nitrogen and oxygen atoms in total. The van der Waals surface area contributed by atoms with Crippen molar-refractivity contribution >= 4 is 23.2 Å². The highest BCUT2D eigenvalue weighted by atomic mass is 35.5. The van der Waals surface area contributed by atoms with Gasteiger partial charge < -0.3 is 23.9 Å². The van der Waals surface area contributed by atoms with Crippen LogP contribution in [0.3, 0.4) is 0 Å². The molecule has 2 heterocycles. The predicted octanol–water partition coefficient (Wildman–Crippen LogP) is 4.67. The zero-order valence-corrected chi connectivity index (χ0v) is 17.6. The number of imidazole rings is 1. The summed E-state index contributed by atoms with van der Waals surface area (Å²) >= 11 is 6.46. The van der Waals surface area contributed by atoms with Gasteiger partial charge in [0.25, 0.3) is 5.91 Å². The van der Waals surface area contributed by atoms with E-state index in [1.807, 2.05) is 58.1 Å². The molecular weight excluding hydrogens is 416 g/mol. The number of carbonyl (C=O) groups is 1. The number of nitrogens with one attached hydrogen (secondary N) is 1. The lowest BCUT2D eigenvalue weighted by Crippen LogP contribution is -2.15. The Labute approximate surface area is 184 Å². The number of aromatic nitrogens is 3. The number of anilines is 1. The number of para-hydroxylation sites is 2. The number of amides is 1. The van der Waals surface area contributed by atoms with Gasteiger partial charge in [-0.2, -0.15) is 0 Å². The third-order valence-electron chi connectivity index (χ3n) is 4.70. The van der Waals surface area contributed by atoms with E-state index in [0.29, 0.717) is 40.9 Å². The maximum Gasteiger partial charge on any atom is 0.259 e. The average Bonchev–Trinajstić information content (AvgIpc) is 3.49. The monoisotopic (exact) mass is 436 g/mol. The van der Waals surface area contributed by atoms with Crippen LogP contribution >= 0.6 is 11.6 Å². The highest BCUT2D eigenvalue weighted by molar-refractivity contribution is 6.33. The summed E-state index contributed by atoms with van der Waals surface area (Å²) in [6, 6.07) is 14.4. The van der Waals surface area contributed by atoms with Crippen LogP contribution < -0.4 is 14.8 Å². The van der Waals surface area contributed by atoms with Crippen LogP contribution in [0.4, 0.5) is 5.69 Å². The first-order valence-corrected chi connectivity index (χ1v) is 10.0. The molecule has 0 aliphatic heterocycles. The molecule has 0 saturated carbocycles. The van der Waals surface area contributed by atoms with E-state index in [9.17, 15) is 4.79 Å². The van der Waals surface area contributed by atoms with E-state index in [4.69, 9.17) is 21.1 Å². The first-order chi connectivity index (χ1) is 15.2. The van der Waals surface area contributed by atoms with Crippen LogP contribution in [0, 0.1) is 0 Å². The molecule has 158 valence electrons. The minimum atomic E-state index is -0.344. The molecule has 8 heteroatoms. The van der Waals surface area contributed by atoms with E-state index in [2.05, 4.69) is 10.3 Å². The molecule has 2 aromatic heterocycles. The molecule has 0 aliphatic carbocycles. The third-order valence-corrected chi connectivity index (χ3v) is 5.00. The molecule has 2 aromatic carbocycles. The Morgan fingerprint density at radius 3 is 2.65 bits per heavy atom. The second-order valence-corrected chi connectivity index (χ2v) is 7.10. The number of nitrogens with zero attached hydrogens (tertiary/aromatic N) is 3. The lowest BCUT2D eigenvalue weighted by Gasteiger charge is -2.15. The molecule has 0 atom stereocenters. The van der Waals surface area contributed by atoms with Gasteiger partial charge in [-0.3, -0.25) is 4.79 Å². The summed E-state index contributed by atoms with van der Waals surface area (Å²) in [6.45, 7) is 1.08. The second-order valence-electron chi connectivity index (χ2n) is 6.69. The first-order valence-electron chi connectivity index (χ1n) is 9.65. The number of hydrogen-bond donors (Lipinski definition) is 1. The van der Waals surface area contributed by atoms with Gasteiger partial charge in [-0.25, -0.2) is 4.98 Å². The Balaban J connectivity index is 1.52. The van der Waals surface area contributed by atoms with Gasteiger partial charge >= 0.3 is 0 Å². The zero-order chi connectivity index (χ0) is 21.6. The van der Waals surface area contributed by atoms with Gasteiger partial charge in [-0.15, -0.1) is 0 Å². The van der Waals surface area contributed by atoms with Crippen LogP contribution in [0.5, 0.6) is 11.5 Å². The Morgan fingerprint density at radius 2 is 1.90 bits per heavy atom. The second kappa shape index (κ2) is 9.40. The van der Waals surface area contributed by atoms with Crippen LogP contribution in [-0.4, -0.2) is 33.7 Å². The minimum Gasteiger partial charge on any atom is -0.496 e. The fourth-order valence-electron chi connectivity index (χ4n) is 3.15. The van der Waals surface area contributed by atoms with Gasteiger partial charge in [-0.1, -0.05) is 23.7 Å². The van der Waals surface area contributed by atoms with Crippen LogP contribution in [-0.2, 0) is 6.54 Å². The van der Waals surface area contributed by atoms with Crippen molar-refractivity contribution in [1.82, 2.24) is 14.1 Å². The molecule has 0 fully saturated rings. The summed E-state index contributed by atoms with van der Waals surface area (Å²) in [5.74, 6) is 0.651. The van der Waals surface area contributed by atoms with Crippen molar-refractivity contribution in [2.45, 2.75) is 6.54 Å².